The molecule has 0 aliphatic rings. The van der Waals surface area contributed by atoms with E-state index in [0.717, 1.165) is 0 Å². The summed E-state index contributed by atoms with van der Waals surface area (Å²) in [6, 6.07) is 6.03. The summed E-state index contributed by atoms with van der Waals surface area (Å²) in [4.78, 5) is 10.2. The Morgan fingerprint density at radius 2 is 2.25 bits per heavy atom. The summed E-state index contributed by atoms with van der Waals surface area (Å²) in [6.07, 6.45) is 0.483. The van der Waals surface area contributed by atoms with Crippen LogP contribution >= 0.6 is 0 Å². The average Bonchev–Trinajstić information content (AvgIpc) is 2.29. The van der Waals surface area contributed by atoms with Crippen molar-refractivity contribution in [2.24, 2.45) is 5.73 Å². The second-order valence-electron chi connectivity index (χ2n) is 2.94. The maximum absolute atomic E-state index is 10.7. The molecule has 0 saturated heterocycles. The molecule has 5 heteroatoms. The van der Waals surface area contributed by atoms with Crippen LogP contribution < -0.4 is 5.73 Å². The van der Waals surface area contributed by atoms with Gasteiger partial charge in [-0.2, -0.15) is 5.26 Å². The van der Waals surface area contributed by atoms with Gasteiger partial charge in [0.1, 0.15) is 5.56 Å². The molecule has 0 amide bonds. The predicted molar refractivity (Wildman–Crippen MR) is 58.4 cm³/mol. The monoisotopic (exact) mass is 215 g/mol. The van der Waals surface area contributed by atoms with Crippen LogP contribution in [0, 0.1) is 33.3 Å². The second-order valence-corrected chi connectivity index (χ2v) is 2.94. The van der Waals surface area contributed by atoms with Gasteiger partial charge in [-0.15, -0.1) is 0 Å². The van der Waals surface area contributed by atoms with Gasteiger partial charge in [-0.25, -0.2) is 0 Å². The molecular formula is C11H9N3O2. The van der Waals surface area contributed by atoms with Gasteiger partial charge in [0.25, 0.3) is 5.69 Å². The molecule has 0 atom stereocenters. The SMILES string of the molecule is N#Cc1ccc(C#CCCN)c([N+](=O)[O-])c1. The van der Waals surface area contributed by atoms with E-state index in [0.29, 0.717) is 18.5 Å². The van der Waals surface area contributed by atoms with E-state index in [9.17, 15) is 10.1 Å². The first kappa shape index (κ1) is 11.7. The third kappa shape index (κ3) is 2.81. The lowest BCUT2D eigenvalue weighted by molar-refractivity contribution is -0.385. The zero-order valence-electron chi connectivity index (χ0n) is 8.43. The fraction of sp³-hybridized carbons (Fsp3) is 0.182. The van der Waals surface area contributed by atoms with Gasteiger partial charge in [-0.05, 0) is 12.1 Å². The lowest BCUT2D eigenvalue weighted by Crippen LogP contribution is -1.96. The van der Waals surface area contributed by atoms with Gasteiger partial charge in [-0.3, -0.25) is 10.1 Å². The molecule has 1 rings (SSSR count). The second kappa shape index (κ2) is 5.50. The third-order valence-corrected chi connectivity index (χ3v) is 1.82. The van der Waals surface area contributed by atoms with E-state index in [1.807, 2.05) is 6.07 Å². The first-order chi connectivity index (χ1) is 7.69. The van der Waals surface area contributed by atoms with Crippen molar-refractivity contribution in [2.75, 3.05) is 6.54 Å². The van der Waals surface area contributed by atoms with Crippen molar-refractivity contribution < 1.29 is 4.92 Å². The largest absolute Gasteiger partial charge is 0.330 e. The van der Waals surface area contributed by atoms with Gasteiger partial charge in [0, 0.05) is 19.0 Å². The maximum Gasteiger partial charge on any atom is 0.286 e. The highest BCUT2D eigenvalue weighted by atomic mass is 16.6. The van der Waals surface area contributed by atoms with Crippen molar-refractivity contribution in [1.82, 2.24) is 0 Å². The molecule has 0 aromatic heterocycles. The van der Waals surface area contributed by atoms with Crippen LogP contribution in [-0.4, -0.2) is 11.5 Å². The minimum absolute atomic E-state index is 0.149. The Morgan fingerprint density at radius 1 is 1.50 bits per heavy atom. The van der Waals surface area contributed by atoms with Crippen LogP contribution in [-0.2, 0) is 0 Å². The van der Waals surface area contributed by atoms with E-state index in [4.69, 9.17) is 11.0 Å². The van der Waals surface area contributed by atoms with E-state index >= 15 is 0 Å². The van der Waals surface area contributed by atoms with Crippen molar-refractivity contribution in [2.45, 2.75) is 6.42 Å². The summed E-state index contributed by atoms with van der Waals surface area (Å²) in [5, 5.41) is 19.3. The quantitative estimate of drug-likeness (QED) is 0.455. The van der Waals surface area contributed by atoms with Crippen molar-refractivity contribution in [3.63, 3.8) is 0 Å². The Labute approximate surface area is 92.6 Å². The highest BCUT2D eigenvalue weighted by Crippen LogP contribution is 2.18. The molecule has 0 aliphatic heterocycles. The number of nitriles is 1. The van der Waals surface area contributed by atoms with E-state index in [1.54, 1.807) is 0 Å². The molecule has 0 heterocycles. The molecular weight excluding hydrogens is 206 g/mol. The summed E-state index contributed by atoms with van der Waals surface area (Å²) in [7, 11) is 0. The number of rotatable bonds is 2. The fourth-order valence-electron chi connectivity index (χ4n) is 1.09. The summed E-state index contributed by atoms with van der Waals surface area (Å²) < 4.78 is 0. The van der Waals surface area contributed by atoms with Gasteiger partial charge in [0.05, 0.1) is 16.6 Å². The topological polar surface area (TPSA) is 93.0 Å². The lowest BCUT2D eigenvalue weighted by Gasteiger charge is -1.95. The molecule has 0 unspecified atom stereocenters. The van der Waals surface area contributed by atoms with Gasteiger partial charge in [0.2, 0.25) is 0 Å². The van der Waals surface area contributed by atoms with Crippen molar-refractivity contribution in [3.8, 4) is 17.9 Å². The first-order valence-corrected chi connectivity index (χ1v) is 4.56. The molecule has 0 spiro atoms. The Bertz CT molecular complexity index is 506. The number of nitro groups is 1. The average molecular weight is 215 g/mol. The van der Waals surface area contributed by atoms with Crippen LogP contribution in [0.2, 0.25) is 0 Å². The van der Waals surface area contributed by atoms with Gasteiger partial charge in [0.15, 0.2) is 0 Å². The van der Waals surface area contributed by atoms with Crippen LogP contribution in [0.1, 0.15) is 17.5 Å². The smallest absolute Gasteiger partial charge is 0.286 e. The molecule has 1 aromatic rings. The third-order valence-electron chi connectivity index (χ3n) is 1.82. The number of nitrogens with zero attached hydrogens (tertiary/aromatic N) is 2. The summed E-state index contributed by atoms with van der Waals surface area (Å²) in [5.74, 6) is 5.39. The fourth-order valence-corrected chi connectivity index (χ4v) is 1.09. The van der Waals surface area contributed by atoms with Crippen LogP contribution in [0.4, 0.5) is 5.69 Å². The van der Waals surface area contributed by atoms with Crippen molar-refractivity contribution in [1.29, 1.82) is 5.26 Å². The zero-order valence-corrected chi connectivity index (χ0v) is 8.43. The molecule has 0 radical (unpaired) electrons. The molecule has 0 saturated carbocycles. The number of benzene rings is 1. The van der Waals surface area contributed by atoms with Crippen LogP contribution in [0.5, 0.6) is 0 Å². The Morgan fingerprint density at radius 3 is 2.81 bits per heavy atom. The lowest BCUT2D eigenvalue weighted by atomic mass is 10.1. The molecule has 0 fully saturated rings. The van der Waals surface area contributed by atoms with Gasteiger partial charge < -0.3 is 5.73 Å². The molecule has 1 aromatic carbocycles. The summed E-state index contributed by atoms with van der Waals surface area (Å²) in [5.41, 5.74) is 5.66. The molecule has 80 valence electrons. The number of hydrogen-bond donors (Lipinski definition) is 1. The van der Waals surface area contributed by atoms with E-state index < -0.39 is 4.92 Å². The van der Waals surface area contributed by atoms with Gasteiger partial charge >= 0.3 is 0 Å². The minimum atomic E-state index is -0.548. The van der Waals surface area contributed by atoms with Crippen molar-refractivity contribution >= 4 is 5.69 Å². The Kier molecular flexibility index (Phi) is 4.02. The number of nitrogens with two attached hydrogens (primary N) is 1. The van der Waals surface area contributed by atoms with Crippen molar-refractivity contribution in [3.05, 3.63) is 39.4 Å². The normalized spacial score (nSPS) is 8.75. The predicted octanol–water partition coefficient (Wildman–Crippen LogP) is 1.17. The maximum atomic E-state index is 10.7. The zero-order chi connectivity index (χ0) is 12.0. The highest BCUT2D eigenvalue weighted by molar-refractivity contribution is 5.54. The molecule has 0 aliphatic carbocycles. The van der Waals surface area contributed by atoms with Gasteiger partial charge in [-0.1, -0.05) is 11.8 Å². The van der Waals surface area contributed by atoms with E-state index in [-0.39, 0.29) is 11.3 Å². The summed E-state index contributed by atoms with van der Waals surface area (Å²) >= 11 is 0. The summed E-state index contributed by atoms with van der Waals surface area (Å²) in [6.45, 7) is 0.414. The number of hydrogen-bond acceptors (Lipinski definition) is 4. The number of nitro benzene ring substituents is 1. The molecule has 2 N–H and O–H groups in total. The molecule has 0 bridgehead atoms. The first-order valence-electron chi connectivity index (χ1n) is 4.56. The standard InChI is InChI=1S/C11H9N3O2/c12-6-2-1-3-10-5-4-9(8-13)7-11(10)14(15)16/h4-5,7H,2,6,12H2. The Balaban J connectivity index is 3.16. The van der Waals surface area contributed by atoms with Crippen LogP contribution in [0.15, 0.2) is 18.2 Å². The van der Waals surface area contributed by atoms with E-state index in [2.05, 4.69) is 11.8 Å². The molecule has 16 heavy (non-hydrogen) atoms. The molecule has 5 nitrogen and oxygen atoms in total. The van der Waals surface area contributed by atoms with Crippen LogP contribution in [0.3, 0.4) is 0 Å². The highest BCUT2D eigenvalue weighted by Gasteiger charge is 2.12. The Hall–Kier alpha value is -2.37. The van der Waals surface area contributed by atoms with Crippen LogP contribution in [0.25, 0.3) is 0 Å². The van der Waals surface area contributed by atoms with E-state index in [1.165, 1.54) is 18.2 Å². The minimum Gasteiger partial charge on any atom is -0.330 e.